The first-order valence-electron chi connectivity index (χ1n) is 7.61. The SMILES string of the molecule is CC(C)c1ccc(CN2CCC(CCO)CC2)cc1. The molecule has 106 valence electrons. The summed E-state index contributed by atoms with van der Waals surface area (Å²) < 4.78 is 0. The summed E-state index contributed by atoms with van der Waals surface area (Å²) in [6, 6.07) is 9.07. The number of hydrogen-bond acceptors (Lipinski definition) is 2. The molecule has 0 aromatic heterocycles. The van der Waals surface area contributed by atoms with Crippen molar-refractivity contribution in [3.8, 4) is 0 Å². The van der Waals surface area contributed by atoms with Crippen molar-refractivity contribution in [1.29, 1.82) is 0 Å². The van der Waals surface area contributed by atoms with Gasteiger partial charge in [0.05, 0.1) is 0 Å². The van der Waals surface area contributed by atoms with E-state index >= 15 is 0 Å². The normalized spacial score (nSPS) is 18.1. The molecule has 1 N–H and O–H groups in total. The molecule has 2 heteroatoms. The Balaban J connectivity index is 1.82. The summed E-state index contributed by atoms with van der Waals surface area (Å²) in [5.74, 6) is 1.35. The molecule has 0 aliphatic carbocycles. The van der Waals surface area contributed by atoms with Crippen LogP contribution in [0.4, 0.5) is 0 Å². The first-order chi connectivity index (χ1) is 9.19. The first-order valence-corrected chi connectivity index (χ1v) is 7.61. The van der Waals surface area contributed by atoms with Crippen molar-refractivity contribution in [2.24, 2.45) is 5.92 Å². The standard InChI is InChI=1S/C17H27NO/c1-14(2)17-5-3-16(4-6-17)13-18-10-7-15(8-11-18)9-12-19/h3-6,14-15,19H,7-13H2,1-2H3. The molecule has 1 fully saturated rings. The second-order valence-electron chi connectivity index (χ2n) is 6.13. The highest BCUT2D eigenvalue weighted by Gasteiger charge is 2.18. The van der Waals surface area contributed by atoms with Crippen LogP contribution in [0.3, 0.4) is 0 Å². The highest BCUT2D eigenvalue weighted by atomic mass is 16.3. The summed E-state index contributed by atoms with van der Waals surface area (Å²) in [6.07, 6.45) is 3.46. The van der Waals surface area contributed by atoms with E-state index in [0.717, 1.165) is 18.9 Å². The molecule has 0 spiro atoms. The number of rotatable bonds is 5. The van der Waals surface area contributed by atoms with Gasteiger partial charge in [0, 0.05) is 13.2 Å². The van der Waals surface area contributed by atoms with Gasteiger partial charge in [0.1, 0.15) is 0 Å². The van der Waals surface area contributed by atoms with Crippen molar-refractivity contribution >= 4 is 0 Å². The maximum atomic E-state index is 8.98. The van der Waals surface area contributed by atoms with Gasteiger partial charge in [0.25, 0.3) is 0 Å². The van der Waals surface area contributed by atoms with Gasteiger partial charge in [-0.05, 0) is 55.3 Å². The lowest BCUT2D eigenvalue weighted by molar-refractivity contribution is 0.153. The van der Waals surface area contributed by atoms with Gasteiger partial charge < -0.3 is 5.11 Å². The van der Waals surface area contributed by atoms with Gasteiger partial charge in [-0.3, -0.25) is 4.90 Å². The Morgan fingerprint density at radius 3 is 2.32 bits per heavy atom. The third kappa shape index (κ3) is 4.32. The average molecular weight is 261 g/mol. The van der Waals surface area contributed by atoms with Crippen LogP contribution in [0, 0.1) is 5.92 Å². The molecular weight excluding hydrogens is 234 g/mol. The second-order valence-corrected chi connectivity index (χ2v) is 6.13. The van der Waals surface area contributed by atoms with Crippen molar-refractivity contribution in [2.45, 2.75) is 45.6 Å². The highest BCUT2D eigenvalue weighted by molar-refractivity contribution is 5.24. The van der Waals surface area contributed by atoms with Crippen molar-refractivity contribution in [2.75, 3.05) is 19.7 Å². The highest BCUT2D eigenvalue weighted by Crippen LogP contribution is 2.22. The molecule has 2 rings (SSSR count). The van der Waals surface area contributed by atoms with Gasteiger partial charge in [-0.15, -0.1) is 0 Å². The summed E-state index contributed by atoms with van der Waals surface area (Å²) in [5.41, 5.74) is 2.84. The average Bonchev–Trinajstić information content (AvgIpc) is 2.42. The zero-order valence-corrected chi connectivity index (χ0v) is 12.3. The Hall–Kier alpha value is -0.860. The van der Waals surface area contributed by atoms with Crippen LogP contribution in [0.1, 0.15) is 50.2 Å². The lowest BCUT2D eigenvalue weighted by Crippen LogP contribution is -2.33. The van der Waals surface area contributed by atoms with E-state index in [4.69, 9.17) is 5.11 Å². The number of aliphatic hydroxyl groups is 1. The van der Waals surface area contributed by atoms with E-state index in [1.165, 1.54) is 37.1 Å². The van der Waals surface area contributed by atoms with Gasteiger partial charge in [-0.2, -0.15) is 0 Å². The molecule has 0 bridgehead atoms. The van der Waals surface area contributed by atoms with Gasteiger partial charge in [-0.1, -0.05) is 38.1 Å². The van der Waals surface area contributed by atoms with Crippen LogP contribution in [0.15, 0.2) is 24.3 Å². The van der Waals surface area contributed by atoms with Crippen LogP contribution in [0.2, 0.25) is 0 Å². The molecule has 1 aromatic rings. The van der Waals surface area contributed by atoms with Gasteiger partial charge in [0.2, 0.25) is 0 Å². The minimum atomic E-state index is 0.349. The molecule has 0 unspecified atom stereocenters. The topological polar surface area (TPSA) is 23.5 Å². The first kappa shape index (κ1) is 14.5. The number of hydrogen-bond donors (Lipinski definition) is 1. The molecule has 1 aliphatic heterocycles. The molecule has 0 amide bonds. The lowest BCUT2D eigenvalue weighted by Gasteiger charge is -2.31. The molecule has 19 heavy (non-hydrogen) atoms. The fourth-order valence-electron chi connectivity index (χ4n) is 2.88. The second kappa shape index (κ2) is 7.06. The number of likely N-dealkylation sites (tertiary alicyclic amines) is 1. The Morgan fingerprint density at radius 2 is 1.79 bits per heavy atom. The molecule has 1 aromatic carbocycles. The molecule has 0 radical (unpaired) electrons. The molecule has 1 heterocycles. The van der Waals surface area contributed by atoms with E-state index in [9.17, 15) is 0 Å². The van der Waals surface area contributed by atoms with Crippen LogP contribution < -0.4 is 0 Å². The number of aliphatic hydroxyl groups excluding tert-OH is 1. The predicted octanol–water partition coefficient (Wildman–Crippen LogP) is 3.40. The zero-order valence-electron chi connectivity index (χ0n) is 12.3. The van der Waals surface area contributed by atoms with Gasteiger partial charge in [0.15, 0.2) is 0 Å². The van der Waals surface area contributed by atoms with Gasteiger partial charge in [-0.25, -0.2) is 0 Å². The fourth-order valence-corrected chi connectivity index (χ4v) is 2.88. The van der Waals surface area contributed by atoms with E-state index in [1.54, 1.807) is 0 Å². The minimum absolute atomic E-state index is 0.349. The van der Waals surface area contributed by atoms with Crippen molar-refractivity contribution in [3.63, 3.8) is 0 Å². The van der Waals surface area contributed by atoms with Crippen LogP contribution in [0.25, 0.3) is 0 Å². The Labute approximate surface area is 117 Å². The molecule has 1 aliphatic rings. The van der Waals surface area contributed by atoms with Crippen molar-refractivity contribution in [1.82, 2.24) is 4.90 Å². The molecule has 1 saturated heterocycles. The van der Waals surface area contributed by atoms with E-state index in [-0.39, 0.29) is 0 Å². The summed E-state index contributed by atoms with van der Waals surface area (Å²) in [6.45, 7) is 8.25. The van der Waals surface area contributed by atoms with E-state index in [2.05, 4.69) is 43.0 Å². The summed E-state index contributed by atoms with van der Waals surface area (Å²) in [4.78, 5) is 2.54. The van der Waals surface area contributed by atoms with Crippen LogP contribution in [-0.2, 0) is 6.54 Å². The van der Waals surface area contributed by atoms with Crippen LogP contribution in [-0.4, -0.2) is 29.7 Å². The summed E-state index contributed by atoms with van der Waals surface area (Å²) in [7, 11) is 0. The fraction of sp³-hybridized carbons (Fsp3) is 0.647. The summed E-state index contributed by atoms with van der Waals surface area (Å²) >= 11 is 0. The molecule has 0 saturated carbocycles. The summed E-state index contributed by atoms with van der Waals surface area (Å²) in [5, 5.41) is 8.98. The Bertz CT molecular complexity index is 363. The third-order valence-electron chi connectivity index (χ3n) is 4.30. The number of piperidine rings is 1. The molecule has 0 atom stereocenters. The van der Waals surface area contributed by atoms with Crippen molar-refractivity contribution in [3.05, 3.63) is 35.4 Å². The molecular formula is C17H27NO. The van der Waals surface area contributed by atoms with E-state index in [1.807, 2.05) is 0 Å². The quantitative estimate of drug-likeness (QED) is 0.878. The zero-order chi connectivity index (χ0) is 13.7. The smallest absolute Gasteiger partial charge is 0.0433 e. The van der Waals surface area contributed by atoms with Gasteiger partial charge >= 0.3 is 0 Å². The maximum absolute atomic E-state index is 8.98. The van der Waals surface area contributed by atoms with Crippen LogP contribution in [0.5, 0.6) is 0 Å². The van der Waals surface area contributed by atoms with E-state index in [0.29, 0.717) is 12.5 Å². The number of nitrogens with zero attached hydrogens (tertiary/aromatic N) is 1. The maximum Gasteiger partial charge on any atom is 0.0433 e. The number of benzene rings is 1. The Kier molecular flexibility index (Phi) is 5.41. The van der Waals surface area contributed by atoms with E-state index < -0.39 is 0 Å². The predicted molar refractivity (Wildman–Crippen MR) is 80.2 cm³/mol. The third-order valence-corrected chi connectivity index (χ3v) is 4.30. The Morgan fingerprint density at radius 1 is 1.16 bits per heavy atom. The minimum Gasteiger partial charge on any atom is -0.396 e. The molecule has 2 nitrogen and oxygen atoms in total. The lowest BCUT2D eigenvalue weighted by atomic mass is 9.93. The largest absolute Gasteiger partial charge is 0.396 e. The van der Waals surface area contributed by atoms with Crippen molar-refractivity contribution < 1.29 is 5.11 Å². The van der Waals surface area contributed by atoms with Crippen LogP contribution >= 0.6 is 0 Å². The monoisotopic (exact) mass is 261 g/mol.